The predicted octanol–water partition coefficient (Wildman–Crippen LogP) is 4.10. The van der Waals surface area contributed by atoms with E-state index in [2.05, 4.69) is 24.9 Å². The number of benzene rings is 1. The zero-order valence-electron chi connectivity index (χ0n) is 12.6. The number of hydrogen-bond donors (Lipinski definition) is 0. The van der Waals surface area contributed by atoms with Crippen LogP contribution in [0.1, 0.15) is 25.0 Å². The van der Waals surface area contributed by atoms with Gasteiger partial charge in [-0.25, -0.2) is 0 Å². The lowest BCUT2D eigenvalue weighted by Gasteiger charge is -2.17. The largest absolute Gasteiger partial charge is 0.493 e. The fourth-order valence-corrected chi connectivity index (χ4v) is 3.49. The van der Waals surface area contributed by atoms with Crippen molar-refractivity contribution in [2.75, 3.05) is 7.11 Å². The smallest absolute Gasteiger partial charge is 0.165 e. The number of rotatable bonds is 4. The summed E-state index contributed by atoms with van der Waals surface area (Å²) in [6.45, 7) is 4.23. The molecule has 0 atom stereocenters. The first kappa shape index (κ1) is 14.3. The van der Waals surface area contributed by atoms with E-state index in [1.807, 2.05) is 42.4 Å². The summed E-state index contributed by atoms with van der Waals surface area (Å²) >= 11 is 1.82. The second-order valence-electron chi connectivity index (χ2n) is 5.74. The van der Waals surface area contributed by atoms with Gasteiger partial charge in [-0.15, -0.1) is 11.8 Å². The standard InChI is InChI=1S/C17H19NO2S/c1-17(2)10-14-12(4-5-15(19-3)16(14)20-17)11-21-13-6-8-18-9-7-13/h4-9H,10-11H2,1-3H3. The van der Waals surface area contributed by atoms with Crippen molar-refractivity contribution in [1.29, 1.82) is 0 Å². The fourth-order valence-electron chi connectivity index (χ4n) is 2.58. The summed E-state index contributed by atoms with van der Waals surface area (Å²) in [5.74, 6) is 2.67. The molecule has 4 heteroatoms. The molecule has 0 N–H and O–H groups in total. The first-order valence-electron chi connectivity index (χ1n) is 7.00. The minimum Gasteiger partial charge on any atom is -0.493 e. The van der Waals surface area contributed by atoms with Crippen LogP contribution in [-0.2, 0) is 12.2 Å². The quantitative estimate of drug-likeness (QED) is 0.796. The van der Waals surface area contributed by atoms with E-state index in [4.69, 9.17) is 9.47 Å². The van der Waals surface area contributed by atoms with Crippen molar-refractivity contribution in [1.82, 2.24) is 4.98 Å². The zero-order chi connectivity index (χ0) is 14.9. The van der Waals surface area contributed by atoms with E-state index in [-0.39, 0.29) is 5.60 Å². The van der Waals surface area contributed by atoms with Gasteiger partial charge in [-0.05, 0) is 37.6 Å². The molecule has 0 radical (unpaired) electrons. The SMILES string of the molecule is COc1ccc(CSc2ccncc2)c2c1OC(C)(C)C2. The van der Waals surface area contributed by atoms with Crippen molar-refractivity contribution in [3.8, 4) is 11.5 Å². The zero-order valence-corrected chi connectivity index (χ0v) is 13.4. The van der Waals surface area contributed by atoms with E-state index in [0.717, 1.165) is 23.7 Å². The Labute approximate surface area is 129 Å². The van der Waals surface area contributed by atoms with Crippen LogP contribution < -0.4 is 9.47 Å². The summed E-state index contributed by atoms with van der Waals surface area (Å²) < 4.78 is 11.5. The van der Waals surface area contributed by atoms with Gasteiger partial charge >= 0.3 is 0 Å². The van der Waals surface area contributed by atoms with Gasteiger partial charge in [-0.2, -0.15) is 0 Å². The number of aromatic nitrogens is 1. The molecule has 3 nitrogen and oxygen atoms in total. The fraction of sp³-hybridized carbons (Fsp3) is 0.353. The number of nitrogens with zero attached hydrogens (tertiary/aromatic N) is 1. The van der Waals surface area contributed by atoms with Crippen LogP contribution in [0.15, 0.2) is 41.6 Å². The lowest BCUT2D eigenvalue weighted by Crippen LogP contribution is -2.24. The summed E-state index contributed by atoms with van der Waals surface area (Å²) in [5.41, 5.74) is 2.44. The van der Waals surface area contributed by atoms with E-state index in [1.54, 1.807) is 7.11 Å². The molecule has 0 amide bonds. The Morgan fingerprint density at radius 2 is 2.00 bits per heavy atom. The molecule has 0 saturated heterocycles. The maximum Gasteiger partial charge on any atom is 0.165 e. The molecule has 21 heavy (non-hydrogen) atoms. The van der Waals surface area contributed by atoms with Crippen molar-refractivity contribution in [3.63, 3.8) is 0 Å². The molecule has 3 rings (SSSR count). The Kier molecular flexibility index (Phi) is 3.81. The first-order valence-corrected chi connectivity index (χ1v) is 7.98. The number of fused-ring (bicyclic) bond motifs is 1. The Morgan fingerprint density at radius 1 is 1.24 bits per heavy atom. The number of ether oxygens (including phenoxy) is 2. The van der Waals surface area contributed by atoms with Crippen molar-refractivity contribution >= 4 is 11.8 Å². The first-order chi connectivity index (χ1) is 10.1. The summed E-state index contributed by atoms with van der Waals surface area (Å²) in [6.07, 6.45) is 4.58. The Bertz CT molecular complexity index is 641. The third-order valence-electron chi connectivity index (χ3n) is 3.57. The second-order valence-corrected chi connectivity index (χ2v) is 6.79. The van der Waals surface area contributed by atoms with Gasteiger partial charge in [0.05, 0.1) is 7.11 Å². The van der Waals surface area contributed by atoms with Crippen molar-refractivity contribution in [2.45, 2.75) is 36.5 Å². The van der Waals surface area contributed by atoms with Crippen LogP contribution in [0.5, 0.6) is 11.5 Å². The van der Waals surface area contributed by atoms with Crippen molar-refractivity contribution in [3.05, 3.63) is 47.8 Å². The van der Waals surface area contributed by atoms with Gasteiger partial charge in [0.25, 0.3) is 0 Å². The molecular weight excluding hydrogens is 282 g/mol. The average Bonchev–Trinajstić information content (AvgIpc) is 2.81. The average molecular weight is 301 g/mol. The molecule has 0 unspecified atom stereocenters. The number of methoxy groups -OCH3 is 1. The number of hydrogen-bond acceptors (Lipinski definition) is 4. The molecule has 0 saturated carbocycles. The van der Waals surface area contributed by atoms with Gasteiger partial charge in [0.1, 0.15) is 5.60 Å². The molecule has 110 valence electrons. The number of thioether (sulfide) groups is 1. The molecule has 1 aromatic carbocycles. The van der Waals surface area contributed by atoms with Crippen LogP contribution >= 0.6 is 11.8 Å². The minimum absolute atomic E-state index is 0.160. The number of pyridine rings is 1. The van der Waals surface area contributed by atoms with Gasteiger partial charge in [0.15, 0.2) is 11.5 Å². The minimum atomic E-state index is -0.160. The summed E-state index contributed by atoms with van der Waals surface area (Å²) in [7, 11) is 1.69. The highest BCUT2D eigenvalue weighted by Gasteiger charge is 2.34. The van der Waals surface area contributed by atoms with Gasteiger partial charge in [0.2, 0.25) is 0 Å². The van der Waals surface area contributed by atoms with Crippen LogP contribution in [-0.4, -0.2) is 17.7 Å². The van der Waals surface area contributed by atoms with Crippen LogP contribution in [0.25, 0.3) is 0 Å². The summed E-state index contributed by atoms with van der Waals surface area (Å²) in [5, 5.41) is 0. The van der Waals surface area contributed by atoms with E-state index >= 15 is 0 Å². The Balaban J connectivity index is 1.86. The molecule has 1 aromatic heterocycles. The molecule has 2 aromatic rings. The van der Waals surface area contributed by atoms with Crippen LogP contribution in [0, 0.1) is 0 Å². The second kappa shape index (κ2) is 5.60. The molecule has 1 aliphatic rings. The van der Waals surface area contributed by atoms with Gasteiger partial charge in [-0.1, -0.05) is 6.07 Å². The molecule has 0 fully saturated rings. The van der Waals surface area contributed by atoms with Crippen LogP contribution in [0.3, 0.4) is 0 Å². The van der Waals surface area contributed by atoms with Crippen molar-refractivity contribution < 1.29 is 9.47 Å². The van der Waals surface area contributed by atoms with Gasteiger partial charge in [0, 0.05) is 35.0 Å². The molecule has 1 aliphatic heterocycles. The Morgan fingerprint density at radius 3 is 2.71 bits per heavy atom. The monoisotopic (exact) mass is 301 g/mol. The van der Waals surface area contributed by atoms with E-state index in [1.165, 1.54) is 16.0 Å². The highest BCUT2D eigenvalue weighted by Crippen LogP contribution is 2.44. The highest BCUT2D eigenvalue weighted by atomic mass is 32.2. The van der Waals surface area contributed by atoms with Gasteiger partial charge in [-0.3, -0.25) is 4.98 Å². The molecule has 2 heterocycles. The topological polar surface area (TPSA) is 31.4 Å². The maximum absolute atomic E-state index is 6.06. The van der Waals surface area contributed by atoms with Crippen LogP contribution in [0.4, 0.5) is 0 Å². The maximum atomic E-state index is 6.06. The normalized spacial score (nSPS) is 15.4. The third-order valence-corrected chi connectivity index (χ3v) is 4.63. The van der Waals surface area contributed by atoms with E-state index in [9.17, 15) is 0 Å². The van der Waals surface area contributed by atoms with Crippen molar-refractivity contribution in [2.24, 2.45) is 0 Å². The lowest BCUT2D eigenvalue weighted by atomic mass is 9.98. The summed E-state index contributed by atoms with van der Waals surface area (Å²) in [4.78, 5) is 5.28. The molecular formula is C17H19NO2S. The molecule has 0 bridgehead atoms. The Hall–Kier alpha value is -1.68. The van der Waals surface area contributed by atoms with Crippen LogP contribution in [0.2, 0.25) is 0 Å². The van der Waals surface area contributed by atoms with Gasteiger partial charge < -0.3 is 9.47 Å². The van der Waals surface area contributed by atoms with E-state index in [0.29, 0.717) is 0 Å². The highest BCUT2D eigenvalue weighted by molar-refractivity contribution is 7.98. The van der Waals surface area contributed by atoms with E-state index < -0.39 is 0 Å². The predicted molar refractivity (Wildman–Crippen MR) is 85.2 cm³/mol. The summed E-state index contributed by atoms with van der Waals surface area (Å²) in [6, 6.07) is 8.23. The lowest BCUT2D eigenvalue weighted by molar-refractivity contribution is 0.134. The molecule has 0 spiro atoms. The third kappa shape index (κ3) is 3.00. The molecule has 0 aliphatic carbocycles.